The fourth-order valence-corrected chi connectivity index (χ4v) is 1.91. The van der Waals surface area contributed by atoms with E-state index in [1.54, 1.807) is 0 Å². The summed E-state index contributed by atoms with van der Waals surface area (Å²) in [5.41, 5.74) is 5.64. The van der Waals surface area contributed by atoms with E-state index in [-0.39, 0.29) is 23.4 Å². The SMILES string of the molecule is CC(C)OC(=O)C(CCCCN)CC(C)(C)C. The van der Waals surface area contributed by atoms with Gasteiger partial charge in [0.1, 0.15) is 0 Å². The van der Waals surface area contributed by atoms with Crippen LogP contribution in [0, 0.1) is 11.3 Å². The molecule has 0 aromatic heterocycles. The van der Waals surface area contributed by atoms with Gasteiger partial charge in [-0.15, -0.1) is 0 Å². The molecule has 0 fully saturated rings. The van der Waals surface area contributed by atoms with Crippen molar-refractivity contribution >= 4 is 5.97 Å². The Labute approximate surface area is 106 Å². The molecule has 0 heterocycles. The predicted octanol–water partition coefficient (Wildman–Crippen LogP) is 3.12. The lowest BCUT2D eigenvalue weighted by Gasteiger charge is -2.25. The summed E-state index contributed by atoms with van der Waals surface area (Å²) in [7, 11) is 0. The molecule has 0 aliphatic rings. The molecule has 0 spiro atoms. The number of unbranched alkanes of at least 4 members (excludes halogenated alkanes) is 1. The summed E-state index contributed by atoms with van der Waals surface area (Å²) in [6, 6.07) is 0. The summed E-state index contributed by atoms with van der Waals surface area (Å²) in [5.74, 6) is -0.0316. The molecule has 0 radical (unpaired) electrons. The molecular weight excluding hydrogens is 214 g/mol. The zero-order valence-electron chi connectivity index (χ0n) is 12.1. The van der Waals surface area contributed by atoms with E-state index < -0.39 is 0 Å². The van der Waals surface area contributed by atoms with Gasteiger partial charge in [0.15, 0.2) is 0 Å². The molecule has 17 heavy (non-hydrogen) atoms. The van der Waals surface area contributed by atoms with E-state index in [0.29, 0.717) is 6.54 Å². The fourth-order valence-electron chi connectivity index (χ4n) is 1.91. The Bertz CT molecular complexity index is 219. The molecule has 0 rings (SSSR count). The number of carbonyl (C=O) groups excluding carboxylic acids is 1. The summed E-state index contributed by atoms with van der Waals surface area (Å²) in [5, 5.41) is 0. The van der Waals surface area contributed by atoms with Crippen LogP contribution in [0.2, 0.25) is 0 Å². The van der Waals surface area contributed by atoms with Gasteiger partial charge < -0.3 is 10.5 Å². The standard InChI is InChI=1S/C14H29NO2/c1-11(2)17-13(16)12(8-6-7-9-15)10-14(3,4)5/h11-12H,6-10,15H2,1-5H3. The van der Waals surface area contributed by atoms with Crippen LogP contribution in [0.3, 0.4) is 0 Å². The van der Waals surface area contributed by atoms with Gasteiger partial charge in [-0.2, -0.15) is 0 Å². The van der Waals surface area contributed by atoms with Crippen molar-refractivity contribution in [1.29, 1.82) is 0 Å². The van der Waals surface area contributed by atoms with Crippen LogP contribution in [-0.2, 0) is 9.53 Å². The highest BCUT2D eigenvalue weighted by atomic mass is 16.5. The lowest BCUT2D eigenvalue weighted by atomic mass is 9.82. The third kappa shape index (κ3) is 9.16. The summed E-state index contributed by atoms with van der Waals surface area (Å²) in [4.78, 5) is 12.0. The summed E-state index contributed by atoms with van der Waals surface area (Å²) >= 11 is 0. The molecule has 102 valence electrons. The predicted molar refractivity (Wildman–Crippen MR) is 71.7 cm³/mol. The van der Waals surface area contributed by atoms with Crippen LogP contribution in [0.5, 0.6) is 0 Å². The number of esters is 1. The molecule has 0 aliphatic heterocycles. The first-order valence-corrected chi connectivity index (χ1v) is 6.67. The molecule has 3 heteroatoms. The average molecular weight is 243 g/mol. The van der Waals surface area contributed by atoms with Gasteiger partial charge in [0.2, 0.25) is 0 Å². The van der Waals surface area contributed by atoms with Gasteiger partial charge >= 0.3 is 5.97 Å². The van der Waals surface area contributed by atoms with Crippen molar-refractivity contribution in [2.24, 2.45) is 17.1 Å². The van der Waals surface area contributed by atoms with E-state index in [0.717, 1.165) is 25.7 Å². The van der Waals surface area contributed by atoms with E-state index in [1.165, 1.54) is 0 Å². The second-order valence-corrected chi connectivity index (χ2v) is 6.23. The molecule has 0 saturated heterocycles. The Balaban J connectivity index is 4.33. The molecular formula is C14H29NO2. The van der Waals surface area contributed by atoms with Crippen LogP contribution in [0.1, 0.15) is 60.3 Å². The molecule has 0 aromatic carbocycles. The quantitative estimate of drug-likeness (QED) is 0.552. The first-order valence-electron chi connectivity index (χ1n) is 6.67. The molecule has 3 nitrogen and oxygen atoms in total. The number of hydrogen-bond acceptors (Lipinski definition) is 3. The maximum absolute atomic E-state index is 12.0. The van der Waals surface area contributed by atoms with E-state index in [9.17, 15) is 4.79 Å². The van der Waals surface area contributed by atoms with Crippen LogP contribution in [0.25, 0.3) is 0 Å². The Hall–Kier alpha value is -0.570. The van der Waals surface area contributed by atoms with Crippen molar-refractivity contribution in [2.75, 3.05) is 6.54 Å². The van der Waals surface area contributed by atoms with E-state index >= 15 is 0 Å². The smallest absolute Gasteiger partial charge is 0.309 e. The van der Waals surface area contributed by atoms with Crippen molar-refractivity contribution in [1.82, 2.24) is 0 Å². The van der Waals surface area contributed by atoms with E-state index in [1.807, 2.05) is 13.8 Å². The summed E-state index contributed by atoms with van der Waals surface area (Å²) in [6.07, 6.45) is 3.72. The highest BCUT2D eigenvalue weighted by Gasteiger charge is 2.26. The minimum Gasteiger partial charge on any atom is -0.463 e. The van der Waals surface area contributed by atoms with Crippen LogP contribution >= 0.6 is 0 Å². The normalized spacial score (nSPS) is 13.8. The van der Waals surface area contributed by atoms with Gasteiger partial charge in [-0.3, -0.25) is 4.79 Å². The summed E-state index contributed by atoms with van der Waals surface area (Å²) in [6.45, 7) is 11.0. The average Bonchev–Trinajstić information content (AvgIpc) is 2.13. The Morgan fingerprint density at radius 2 is 1.82 bits per heavy atom. The van der Waals surface area contributed by atoms with Crippen molar-refractivity contribution in [3.63, 3.8) is 0 Å². The highest BCUT2D eigenvalue weighted by Crippen LogP contribution is 2.28. The lowest BCUT2D eigenvalue weighted by Crippen LogP contribution is -2.25. The Morgan fingerprint density at radius 3 is 2.24 bits per heavy atom. The first kappa shape index (κ1) is 16.4. The maximum atomic E-state index is 12.0. The van der Waals surface area contributed by atoms with Crippen molar-refractivity contribution in [3.05, 3.63) is 0 Å². The zero-order chi connectivity index (χ0) is 13.5. The fraction of sp³-hybridized carbons (Fsp3) is 0.929. The number of carbonyl (C=O) groups is 1. The first-order chi connectivity index (χ1) is 7.76. The van der Waals surface area contributed by atoms with Crippen molar-refractivity contribution in [3.8, 4) is 0 Å². The van der Waals surface area contributed by atoms with Gasteiger partial charge in [-0.05, 0) is 45.1 Å². The Kier molecular flexibility index (Phi) is 7.44. The molecule has 0 saturated carbocycles. The van der Waals surface area contributed by atoms with Gasteiger partial charge in [0.25, 0.3) is 0 Å². The lowest BCUT2D eigenvalue weighted by molar-refractivity contribution is -0.153. The molecule has 0 aliphatic carbocycles. The molecule has 0 aromatic rings. The highest BCUT2D eigenvalue weighted by molar-refractivity contribution is 5.72. The van der Waals surface area contributed by atoms with Gasteiger partial charge in [-0.25, -0.2) is 0 Å². The van der Waals surface area contributed by atoms with E-state index in [2.05, 4.69) is 20.8 Å². The molecule has 1 unspecified atom stereocenters. The van der Waals surface area contributed by atoms with Gasteiger partial charge in [-0.1, -0.05) is 27.2 Å². The van der Waals surface area contributed by atoms with Crippen LogP contribution in [0.4, 0.5) is 0 Å². The zero-order valence-corrected chi connectivity index (χ0v) is 12.1. The van der Waals surface area contributed by atoms with Crippen LogP contribution < -0.4 is 5.73 Å². The number of ether oxygens (including phenoxy) is 1. The number of hydrogen-bond donors (Lipinski definition) is 1. The minimum absolute atomic E-state index is 0.0175. The second kappa shape index (κ2) is 7.70. The third-order valence-corrected chi connectivity index (χ3v) is 2.55. The molecule has 0 bridgehead atoms. The number of rotatable bonds is 7. The van der Waals surface area contributed by atoms with Gasteiger partial charge in [0.05, 0.1) is 12.0 Å². The molecule has 0 amide bonds. The number of nitrogens with two attached hydrogens (primary N) is 1. The minimum atomic E-state index is -0.0491. The molecule has 2 N–H and O–H groups in total. The second-order valence-electron chi connectivity index (χ2n) is 6.23. The van der Waals surface area contributed by atoms with Crippen molar-refractivity contribution < 1.29 is 9.53 Å². The van der Waals surface area contributed by atoms with Crippen LogP contribution in [-0.4, -0.2) is 18.6 Å². The van der Waals surface area contributed by atoms with Crippen molar-refractivity contribution in [2.45, 2.75) is 66.4 Å². The third-order valence-electron chi connectivity index (χ3n) is 2.55. The Morgan fingerprint density at radius 1 is 1.24 bits per heavy atom. The van der Waals surface area contributed by atoms with E-state index in [4.69, 9.17) is 10.5 Å². The topological polar surface area (TPSA) is 52.3 Å². The largest absolute Gasteiger partial charge is 0.463 e. The van der Waals surface area contributed by atoms with Crippen LogP contribution in [0.15, 0.2) is 0 Å². The van der Waals surface area contributed by atoms with Gasteiger partial charge in [0, 0.05) is 0 Å². The summed E-state index contributed by atoms with van der Waals surface area (Å²) < 4.78 is 5.32. The molecule has 1 atom stereocenters. The maximum Gasteiger partial charge on any atom is 0.309 e. The monoisotopic (exact) mass is 243 g/mol.